The summed E-state index contributed by atoms with van der Waals surface area (Å²) in [7, 11) is 0. The molecular formula is C27H30F5N7O4. The number of aromatic nitrogens is 3. The summed E-state index contributed by atoms with van der Waals surface area (Å²) < 4.78 is 90.4. The van der Waals surface area contributed by atoms with E-state index in [0.717, 1.165) is 6.92 Å². The molecule has 2 aliphatic rings. The maximum Gasteiger partial charge on any atom is 0.417 e. The number of anilines is 2. The number of amides is 1. The lowest BCUT2D eigenvalue weighted by molar-refractivity contribution is -0.138. The van der Waals surface area contributed by atoms with Gasteiger partial charge in [-0.15, -0.1) is 0 Å². The highest BCUT2D eigenvalue weighted by atomic mass is 19.4. The second kappa shape index (κ2) is 12.3. The molecule has 0 spiro atoms. The summed E-state index contributed by atoms with van der Waals surface area (Å²) >= 11 is 0. The molecule has 4 heterocycles. The minimum absolute atomic E-state index is 0.0357. The second-order valence-electron chi connectivity index (χ2n) is 10.2. The molecule has 232 valence electrons. The molecule has 1 atom stereocenters. The summed E-state index contributed by atoms with van der Waals surface area (Å²) in [6.45, 7) is 4.99. The molecule has 0 radical (unpaired) electrons. The number of nitrogens with one attached hydrogen (secondary N) is 2. The molecule has 1 fully saturated rings. The van der Waals surface area contributed by atoms with Gasteiger partial charge in [0.2, 0.25) is 5.88 Å². The normalized spacial score (nSPS) is 18.0. The van der Waals surface area contributed by atoms with E-state index >= 15 is 4.39 Å². The molecule has 2 aromatic heterocycles. The maximum absolute atomic E-state index is 16.4. The molecule has 1 saturated heterocycles. The van der Waals surface area contributed by atoms with Crippen LogP contribution in [0, 0.1) is 18.6 Å². The molecule has 3 aromatic rings. The number of carbonyl (C=O) groups excluding carboxylic acids is 1. The van der Waals surface area contributed by atoms with Crippen LogP contribution in [0.25, 0.3) is 22.2 Å². The zero-order chi connectivity index (χ0) is 30.9. The summed E-state index contributed by atoms with van der Waals surface area (Å²) in [5.74, 6) is -3.13. The standard InChI is InChI=1S/C27H30F5N7O4/c1-13-3-4-34-5-6-35-24-18-23(37-26(38-24)42-12-17(40)39-7-9-41-10-8-39)21(29)22(36-25(18)43-13)15-11-16(33)20(28)14(2)19(15)27(30,31)32/h11,13,34H,3-10,12,33H2,1-2H3,(H,35,37,38). The van der Waals surface area contributed by atoms with Crippen LogP contribution >= 0.6 is 0 Å². The Morgan fingerprint density at radius 3 is 2.60 bits per heavy atom. The topological polar surface area (TPSA) is 137 Å². The fraction of sp³-hybridized carbons (Fsp3) is 0.481. The minimum Gasteiger partial charge on any atom is -0.474 e. The number of nitrogen functional groups attached to an aromatic ring is 1. The van der Waals surface area contributed by atoms with Crippen LogP contribution in [0.15, 0.2) is 6.07 Å². The van der Waals surface area contributed by atoms with Crippen molar-refractivity contribution in [1.29, 1.82) is 0 Å². The summed E-state index contributed by atoms with van der Waals surface area (Å²) in [5, 5.41) is 6.20. The number of carbonyl (C=O) groups is 1. The fourth-order valence-electron chi connectivity index (χ4n) is 4.93. The van der Waals surface area contributed by atoms with E-state index in [1.54, 1.807) is 6.92 Å². The third-order valence-corrected chi connectivity index (χ3v) is 7.12. The van der Waals surface area contributed by atoms with Gasteiger partial charge in [-0.05, 0) is 38.4 Å². The highest BCUT2D eigenvalue weighted by Gasteiger charge is 2.39. The van der Waals surface area contributed by atoms with Crippen molar-refractivity contribution in [2.75, 3.05) is 63.6 Å². The minimum atomic E-state index is -5.08. The van der Waals surface area contributed by atoms with Gasteiger partial charge < -0.3 is 35.5 Å². The van der Waals surface area contributed by atoms with Gasteiger partial charge in [0, 0.05) is 31.7 Å². The van der Waals surface area contributed by atoms with Crippen molar-refractivity contribution in [3.63, 3.8) is 0 Å². The highest BCUT2D eigenvalue weighted by molar-refractivity contribution is 5.96. The Morgan fingerprint density at radius 2 is 1.88 bits per heavy atom. The predicted molar refractivity (Wildman–Crippen MR) is 146 cm³/mol. The fourth-order valence-corrected chi connectivity index (χ4v) is 4.93. The first-order chi connectivity index (χ1) is 20.5. The number of rotatable bonds is 4. The van der Waals surface area contributed by atoms with Crippen LogP contribution in [0.5, 0.6) is 11.9 Å². The number of halogens is 5. The van der Waals surface area contributed by atoms with Crippen molar-refractivity contribution in [3.8, 4) is 23.1 Å². The van der Waals surface area contributed by atoms with Crippen LogP contribution in [0.2, 0.25) is 0 Å². The van der Waals surface area contributed by atoms with Crippen molar-refractivity contribution in [2.45, 2.75) is 32.5 Å². The summed E-state index contributed by atoms with van der Waals surface area (Å²) in [4.78, 5) is 26.8. The van der Waals surface area contributed by atoms with Crippen LogP contribution < -0.4 is 25.8 Å². The zero-order valence-electron chi connectivity index (χ0n) is 23.4. The first kappa shape index (κ1) is 30.4. The number of benzene rings is 1. The van der Waals surface area contributed by atoms with Crippen molar-refractivity contribution < 1.29 is 41.0 Å². The van der Waals surface area contributed by atoms with Crippen LogP contribution in [-0.2, 0) is 15.7 Å². The molecule has 43 heavy (non-hydrogen) atoms. The van der Waals surface area contributed by atoms with E-state index in [0.29, 0.717) is 58.4 Å². The first-order valence-corrected chi connectivity index (χ1v) is 13.6. The number of ether oxygens (including phenoxy) is 3. The number of nitrogens with two attached hydrogens (primary N) is 1. The number of pyridine rings is 1. The molecule has 5 rings (SSSR count). The molecule has 0 aliphatic carbocycles. The van der Waals surface area contributed by atoms with Crippen LogP contribution in [-0.4, -0.2) is 84.4 Å². The molecule has 0 saturated carbocycles. The quantitative estimate of drug-likeness (QED) is 0.298. The lowest BCUT2D eigenvalue weighted by Gasteiger charge is -2.26. The molecular weight excluding hydrogens is 581 g/mol. The van der Waals surface area contributed by atoms with E-state index in [4.69, 9.17) is 19.9 Å². The maximum atomic E-state index is 16.4. The van der Waals surface area contributed by atoms with Gasteiger partial charge >= 0.3 is 12.2 Å². The predicted octanol–water partition coefficient (Wildman–Crippen LogP) is 3.29. The lowest BCUT2D eigenvalue weighted by Crippen LogP contribution is -2.43. The van der Waals surface area contributed by atoms with Crippen LogP contribution in [0.3, 0.4) is 0 Å². The van der Waals surface area contributed by atoms with Gasteiger partial charge in [0.1, 0.15) is 28.2 Å². The van der Waals surface area contributed by atoms with Crippen molar-refractivity contribution in [2.24, 2.45) is 0 Å². The average Bonchev–Trinajstić information content (AvgIpc) is 3.00. The summed E-state index contributed by atoms with van der Waals surface area (Å²) in [6.07, 6.45) is -5.09. The Balaban J connectivity index is 1.70. The van der Waals surface area contributed by atoms with Crippen molar-refractivity contribution in [3.05, 3.63) is 28.8 Å². The van der Waals surface area contributed by atoms with Crippen molar-refractivity contribution in [1.82, 2.24) is 25.2 Å². The number of nitrogens with zero attached hydrogens (tertiary/aromatic N) is 4. The second-order valence-corrected chi connectivity index (χ2v) is 10.2. The van der Waals surface area contributed by atoms with Gasteiger partial charge in [-0.25, -0.2) is 13.8 Å². The Kier molecular flexibility index (Phi) is 8.69. The Morgan fingerprint density at radius 1 is 1.14 bits per heavy atom. The third-order valence-electron chi connectivity index (χ3n) is 7.12. The lowest BCUT2D eigenvalue weighted by atomic mass is 9.96. The van der Waals surface area contributed by atoms with Crippen LogP contribution in [0.4, 0.5) is 33.5 Å². The average molecular weight is 612 g/mol. The summed E-state index contributed by atoms with van der Waals surface area (Å²) in [5.41, 5.74) is 0.753. The molecule has 1 aromatic carbocycles. The molecule has 2 aliphatic heterocycles. The van der Waals surface area contributed by atoms with Gasteiger partial charge in [-0.2, -0.15) is 23.1 Å². The molecule has 4 N–H and O–H groups in total. The molecule has 11 nitrogen and oxygen atoms in total. The van der Waals surface area contributed by atoms with Crippen molar-refractivity contribution >= 4 is 28.3 Å². The smallest absolute Gasteiger partial charge is 0.417 e. The van der Waals surface area contributed by atoms with E-state index in [1.165, 1.54) is 4.90 Å². The molecule has 1 amide bonds. The van der Waals surface area contributed by atoms with E-state index < -0.39 is 70.1 Å². The van der Waals surface area contributed by atoms with E-state index in [2.05, 4.69) is 25.6 Å². The third kappa shape index (κ3) is 6.34. The number of hydrogen-bond donors (Lipinski definition) is 3. The Bertz CT molecular complexity index is 1530. The molecule has 16 heteroatoms. The molecule has 0 bridgehead atoms. The number of hydrogen-bond acceptors (Lipinski definition) is 10. The Labute approximate surface area is 242 Å². The number of morpholine rings is 1. The van der Waals surface area contributed by atoms with E-state index in [-0.39, 0.29) is 23.0 Å². The highest BCUT2D eigenvalue weighted by Crippen LogP contribution is 2.44. The zero-order valence-corrected chi connectivity index (χ0v) is 23.4. The van der Waals surface area contributed by atoms with E-state index in [1.807, 2.05) is 0 Å². The van der Waals surface area contributed by atoms with Gasteiger partial charge in [-0.1, -0.05) is 0 Å². The van der Waals surface area contributed by atoms with Gasteiger partial charge in [-0.3, -0.25) is 4.79 Å². The van der Waals surface area contributed by atoms with E-state index in [9.17, 15) is 22.4 Å². The summed E-state index contributed by atoms with van der Waals surface area (Å²) in [6, 6.07) is 0.284. The Hall–Kier alpha value is -4.05. The van der Waals surface area contributed by atoms with Gasteiger partial charge in [0.25, 0.3) is 5.91 Å². The number of alkyl halides is 3. The largest absolute Gasteiger partial charge is 0.474 e. The monoisotopic (exact) mass is 611 g/mol. The first-order valence-electron chi connectivity index (χ1n) is 13.6. The van der Waals surface area contributed by atoms with Gasteiger partial charge in [0.15, 0.2) is 12.4 Å². The molecule has 1 unspecified atom stereocenters. The SMILES string of the molecule is Cc1c(F)c(N)cc(-c2nc3c4c(nc(OCC(=O)N5CCOCC5)nc4c2F)NCCNCCC(C)O3)c1C(F)(F)F. The van der Waals surface area contributed by atoms with Crippen LogP contribution in [0.1, 0.15) is 24.5 Å². The van der Waals surface area contributed by atoms with Gasteiger partial charge in [0.05, 0.1) is 30.6 Å².